The van der Waals surface area contributed by atoms with Crippen molar-refractivity contribution in [2.75, 3.05) is 6.61 Å². The second-order valence-corrected chi connectivity index (χ2v) is 5.70. The van der Waals surface area contributed by atoms with Crippen LogP contribution in [0.3, 0.4) is 0 Å². The Balaban J connectivity index is 1.61. The van der Waals surface area contributed by atoms with Crippen molar-refractivity contribution in [1.29, 1.82) is 0 Å². The van der Waals surface area contributed by atoms with E-state index in [-0.39, 0.29) is 23.1 Å². The second-order valence-electron chi connectivity index (χ2n) is 5.31. The van der Waals surface area contributed by atoms with Crippen molar-refractivity contribution in [2.45, 2.75) is 0 Å². The number of halogens is 1. The summed E-state index contributed by atoms with van der Waals surface area (Å²) in [4.78, 5) is 27.8. The Morgan fingerprint density at radius 3 is 2.12 bits per heavy atom. The Bertz CT molecular complexity index is 875. The lowest BCUT2D eigenvalue weighted by molar-refractivity contribution is 0.0474. The van der Waals surface area contributed by atoms with Crippen molar-refractivity contribution in [3.05, 3.63) is 89.2 Å². The zero-order valence-corrected chi connectivity index (χ0v) is 13.9. The SMILES string of the molecule is O=C(COC(=O)c1ccc(Cl)nc1)c1ccc(-c2ccccc2)cc1. The van der Waals surface area contributed by atoms with Gasteiger partial charge in [-0.05, 0) is 23.3 Å². The van der Waals surface area contributed by atoms with Crippen LogP contribution in [0.4, 0.5) is 0 Å². The molecule has 0 N–H and O–H groups in total. The average molecular weight is 352 g/mol. The zero-order chi connectivity index (χ0) is 17.6. The first kappa shape index (κ1) is 16.9. The van der Waals surface area contributed by atoms with Crippen LogP contribution in [-0.4, -0.2) is 23.3 Å². The van der Waals surface area contributed by atoms with Gasteiger partial charge in [0.15, 0.2) is 12.4 Å². The summed E-state index contributed by atoms with van der Waals surface area (Å²) in [5.41, 5.74) is 2.82. The topological polar surface area (TPSA) is 56.3 Å². The molecule has 0 atom stereocenters. The smallest absolute Gasteiger partial charge is 0.340 e. The maximum atomic E-state index is 12.2. The van der Waals surface area contributed by atoms with Gasteiger partial charge in [-0.2, -0.15) is 0 Å². The fraction of sp³-hybridized carbons (Fsp3) is 0.0500. The Morgan fingerprint density at radius 2 is 1.48 bits per heavy atom. The first-order chi connectivity index (χ1) is 12.1. The lowest BCUT2D eigenvalue weighted by Crippen LogP contribution is -2.14. The molecular weight excluding hydrogens is 338 g/mol. The molecule has 0 bridgehead atoms. The molecule has 0 unspecified atom stereocenters. The molecule has 0 aliphatic heterocycles. The van der Waals surface area contributed by atoms with E-state index in [4.69, 9.17) is 16.3 Å². The largest absolute Gasteiger partial charge is 0.454 e. The van der Waals surface area contributed by atoms with Crippen molar-refractivity contribution in [1.82, 2.24) is 4.98 Å². The van der Waals surface area contributed by atoms with E-state index >= 15 is 0 Å². The molecule has 1 aromatic heterocycles. The van der Waals surface area contributed by atoms with Gasteiger partial charge < -0.3 is 4.74 Å². The highest BCUT2D eigenvalue weighted by Gasteiger charge is 2.12. The third-order valence-electron chi connectivity index (χ3n) is 3.61. The summed E-state index contributed by atoms with van der Waals surface area (Å²) in [5.74, 6) is -0.881. The molecule has 5 heteroatoms. The molecule has 4 nitrogen and oxygen atoms in total. The molecule has 3 rings (SSSR count). The number of Topliss-reactive ketones (excluding diaryl/α,β-unsaturated/α-hetero) is 1. The summed E-state index contributed by atoms with van der Waals surface area (Å²) in [6.45, 7) is -0.327. The normalized spacial score (nSPS) is 10.3. The Hall–Kier alpha value is -2.98. The molecule has 0 spiro atoms. The fourth-order valence-corrected chi connectivity index (χ4v) is 2.39. The highest BCUT2D eigenvalue weighted by molar-refractivity contribution is 6.29. The van der Waals surface area contributed by atoms with Crippen LogP contribution in [0, 0.1) is 0 Å². The number of pyridine rings is 1. The zero-order valence-electron chi connectivity index (χ0n) is 13.2. The molecular formula is C20H14ClNO3. The van der Waals surface area contributed by atoms with Crippen LogP contribution >= 0.6 is 11.6 Å². The summed E-state index contributed by atoms with van der Waals surface area (Å²) in [6, 6.07) is 20.0. The molecule has 2 aromatic carbocycles. The Labute approximate surface area is 150 Å². The van der Waals surface area contributed by atoms with E-state index in [0.29, 0.717) is 5.56 Å². The van der Waals surface area contributed by atoms with Gasteiger partial charge in [-0.1, -0.05) is 66.2 Å². The molecule has 0 saturated carbocycles. The average Bonchev–Trinajstić information content (AvgIpc) is 2.67. The van der Waals surface area contributed by atoms with Crippen LogP contribution < -0.4 is 0 Å². The number of esters is 1. The first-order valence-corrected chi connectivity index (χ1v) is 7.98. The van der Waals surface area contributed by atoms with E-state index in [1.165, 1.54) is 18.3 Å². The quantitative estimate of drug-likeness (QED) is 0.387. The van der Waals surface area contributed by atoms with Gasteiger partial charge in [-0.25, -0.2) is 9.78 Å². The number of ketones is 1. The van der Waals surface area contributed by atoms with Gasteiger partial charge in [0.25, 0.3) is 0 Å². The number of rotatable bonds is 5. The van der Waals surface area contributed by atoms with Crippen LogP contribution in [0.1, 0.15) is 20.7 Å². The van der Waals surface area contributed by atoms with E-state index < -0.39 is 5.97 Å². The van der Waals surface area contributed by atoms with Crippen LogP contribution in [0.2, 0.25) is 5.15 Å². The highest BCUT2D eigenvalue weighted by Crippen LogP contribution is 2.19. The Kier molecular flexibility index (Phi) is 5.21. The molecule has 0 amide bonds. The predicted molar refractivity (Wildman–Crippen MR) is 95.7 cm³/mol. The minimum absolute atomic E-state index is 0.247. The molecule has 3 aromatic rings. The molecule has 0 saturated heterocycles. The fourth-order valence-electron chi connectivity index (χ4n) is 2.27. The lowest BCUT2D eigenvalue weighted by Gasteiger charge is -2.06. The first-order valence-electron chi connectivity index (χ1n) is 7.61. The number of carbonyl (C=O) groups is 2. The maximum absolute atomic E-state index is 12.2. The number of hydrogen-bond donors (Lipinski definition) is 0. The third kappa shape index (κ3) is 4.31. The molecule has 25 heavy (non-hydrogen) atoms. The van der Waals surface area contributed by atoms with E-state index in [9.17, 15) is 9.59 Å². The van der Waals surface area contributed by atoms with E-state index in [1.807, 2.05) is 42.5 Å². The molecule has 0 radical (unpaired) electrons. The summed E-state index contributed by atoms with van der Waals surface area (Å²) < 4.78 is 5.03. The van der Waals surface area contributed by atoms with Gasteiger partial charge in [-0.3, -0.25) is 4.79 Å². The van der Waals surface area contributed by atoms with Gasteiger partial charge in [0.1, 0.15) is 5.15 Å². The van der Waals surface area contributed by atoms with E-state index in [1.54, 1.807) is 12.1 Å². The number of benzene rings is 2. The molecule has 0 fully saturated rings. The van der Waals surface area contributed by atoms with Crippen molar-refractivity contribution in [3.63, 3.8) is 0 Å². The number of ether oxygens (including phenoxy) is 1. The molecule has 1 heterocycles. The molecule has 124 valence electrons. The number of aromatic nitrogens is 1. The van der Waals surface area contributed by atoms with E-state index in [2.05, 4.69) is 4.98 Å². The minimum Gasteiger partial charge on any atom is -0.454 e. The third-order valence-corrected chi connectivity index (χ3v) is 3.84. The van der Waals surface area contributed by atoms with Crippen LogP contribution in [0.5, 0.6) is 0 Å². The van der Waals surface area contributed by atoms with Crippen molar-refractivity contribution in [3.8, 4) is 11.1 Å². The number of hydrogen-bond acceptors (Lipinski definition) is 4. The summed E-state index contributed by atoms with van der Waals surface area (Å²) in [6.07, 6.45) is 1.31. The number of nitrogens with zero attached hydrogens (tertiary/aromatic N) is 1. The van der Waals surface area contributed by atoms with E-state index in [0.717, 1.165) is 11.1 Å². The highest BCUT2D eigenvalue weighted by atomic mass is 35.5. The second kappa shape index (κ2) is 7.73. The van der Waals surface area contributed by atoms with Gasteiger partial charge >= 0.3 is 5.97 Å². The van der Waals surface area contributed by atoms with Crippen molar-refractivity contribution < 1.29 is 14.3 Å². The number of carbonyl (C=O) groups excluding carboxylic acids is 2. The van der Waals surface area contributed by atoms with Crippen molar-refractivity contribution >= 4 is 23.4 Å². The minimum atomic E-state index is -0.613. The van der Waals surface area contributed by atoms with Gasteiger partial charge in [0, 0.05) is 11.8 Å². The van der Waals surface area contributed by atoms with Crippen LogP contribution in [0.15, 0.2) is 72.9 Å². The van der Waals surface area contributed by atoms with Crippen molar-refractivity contribution in [2.24, 2.45) is 0 Å². The standard InChI is InChI=1S/C20H14ClNO3/c21-19-11-10-17(12-22-19)20(24)25-13-18(23)16-8-6-15(7-9-16)14-4-2-1-3-5-14/h1-12H,13H2. The summed E-state index contributed by atoms with van der Waals surface area (Å²) in [7, 11) is 0. The monoisotopic (exact) mass is 351 g/mol. The maximum Gasteiger partial charge on any atom is 0.340 e. The van der Waals surface area contributed by atoms with Gasteiger partial charge in [0.2, 0.25) is 0 Å². The summed E-state index contributed by atoms with van der Waals surface area (Å²) >= 11 is 5.66. The van der Waals surface area contributed by atoms with Crippen LogP contribution in [0.25, 0.3) is 11.1 Å². The van der Waals surface area contributed by atoms with Gasteiger partial charge in [0.05, 0.1) is 5.56 Å². The molecule has 0 aliphatic carbocycles. The Morgan fingerprint density at radius 1 is 0.840 bits per heavy atom. The predicted octanol–water partition coefficient (Wildman–Crippen LogP) is 4.44. The molecule has 0 aliphatic rings. The van der Waals surface area contributed by atoms with Crippen LogP contribution in [-0.2, 0) is 4.74 Å². The van der Waals surface area contributed by atoms with Gasteiger partial charge in [-0.15, -0.1) is 0 Å². The lowest BCUT2D eigenvalue weighted by atomic mass is 10.0. The summed E-state index contributed by atoms with van der Waals surface area (Å²) in [5, 5.41) is 0.283.